The highest BCUT2D eigenvalue weighted by Crippen LogP contribution is 2.20. The smallest absolute Gasteiger partial charge is 0.247 e. The number of hydrogen-bond acceptors (Lipinski definition) is 6. The standard InChI is InChI=1S/C19H22N6O2S/c26-28(27,15-16-7-3-1-4-8-16)24-13-11-17(12-14-24)20-19-21-22-23-25(19)18-9-5-2-6-10-18/h1-10,17H,11-15H2,(H,20,21,23). The molecular formula is C19H22N6O2S. The van der Waals surface area contributed by atoms with Crippen molar-refractivity contribution in [2.24, 2.45) is 0 Å². The van der Waals surface area contributed by atoms with Gasteiger partial charge in [0, 0.05) is 19.1 Å². The molecule has 0 amide bonds. The first-order valence-corrected chi connectivity index (χ1v) is 10.8. The van der Waals surface area contributed by atoms with E-state index in [0.717, 1.165) is 11.3 Å². The molecule has 8 nitrogen and oxygen atoms in total. The second-order valence-electron chi connectivity index (χ2n) is 6.81. The number of nitrogens with zero attached hydrogens (tertiary/aromatic N) is 5. The molecule has 0 radical (unpaired) electrons. The fourth-order valence-electron chi connectivity index (χ4n) is 3.36. The molecule has 4 rings (SSSR count). The van der Waals surface area contributed by atoms with Crippen LogP contribution in [0.5, 0.6) is 0 Å². The first kappa shape index (κ1) is 18.6. The fraction of sp³-hybridized carbons (Fsp3) is 0.316. The number of rotatable bonds is 6. The molecule has 1 saturated heterocycles. The van der Waals surface area contributed by atoms with Gasteiger partial charge in [-0.25, -0.2) is 12.7 Å². The zero-order valence-electron chi connectivity index (χ0n) is 15.3. The molecule has 146 valence electrons. The lowest BCUT2D eigenvalue weighted by atomic mass is 10.1. The van der Waals surface area contributed by atoms with E-state index in [0.29, 0.717) is 31.9 Å². The second-order valence-corrected chi connectivity index (χ2v) is 8.78. The van der Waals surface area contributed by atoms with E-state index >= 15 is 0 Å². The highest BCUT2D eigenvalue weighted by molar-refractivity contribution is 7.88. The van der Waals surface area contributed by atoms with Gasteiger partial charge in [-0.05, 0) is 41.0 Å². The number of para-hydroxylation sites is 1. The van der Waals surface area contributed by atoms with Gasteiger partial charge in [0.15, 0.2) is 0 Å². The van der Waals surface area contributed by atoms with Crippen LogP contribution in [-0.4, -0.2) is 52.1 Å². The maximum atomic E-state index is 12.7. The average Bonchev–Trinajstić information content (AvgIpc) is 3.18. The number of piperidine rings is 1. The van der Waals surface area contributed by atoms with Gasteiger partial charge in [-0.3, -0.25) is 0 Å². The predicted molar refractivity (Wildman–Crippen MR) is 106 cm³/mol. The maximum Gasteiger partial charge on any atom is 0.247 e. The zero-order chi connectivity index (χ0) is 19.4. The summed E-state index contributed by atoms with van der Waals surface area (Å²) < 4.78 is 28.6. The van der Waals surface area contributed by atoms with E-state index < -0.39 is 10.0 Å². The third kappa shape index (κ3) is 4.20. The minimum absolute atomic E-state index is 0.0399. The van der Waals surface area contributed by atoms with Crippen LogP contribution in [0.2, 0.25) is 0 Å². The van der Waals surface area contributed by atoms with Crippen molar-refractivity contribution in [1.29, 1.82) is 0 Å². The fourth-order valence-corrected chi connectivity index (χ4v) is 4.92. The molecule has 1 aliphatic rings. The number of sulfonamides is 1. The van der Waals surface area contributed by atoms with Crippen LogP contribution in [0.1, 0.15) is 18.4 Å². The number of tetrazole rings is 1. The van der Waals surface area contributed by atoms with Crippen molar-refractivity contribution in [2.75, 3.05) is 18.4 Å². The minimum atomic E-state index is -3.31. The summed E-state index contributed by atoms with van der Waals surface area (Å²) >= 11 is 0. The van der Waals surface area contributed by atoms with E-state index in [2.05, 4.69) is 20.8 Å². The number of aromatic nitrogens is 4. The Labute approximate surface area is 164 Å². The molecule has 1 aliphatic heterocycles. The summed E-state index contributed by atoms with van der Waals surface area (Å²) in [6.07, 6.45) is 1.41. The van der Waals surface area contributed by atoms with E-state index in [1.165, 1.54) is 0 Å². The van der Waals surface area contributed by atoms with Crippen LogP contribution in [0.25, 0.3) is 5.69 Å². The van der Waals surface area contributed by atoms with Gasteiger partial charge in [0.25, 0.3) is 0 Å². The number of benzene rings is 2. The summed E-state index contributed by atoms with van der Waals surface area (Å²) in [6, 6.07) is 19.1. The van der Waals surface area contributed by atoms with Gasteiger partial charge >= 0.3 is 0 Å². The second kappa shape index (κ2) is 8.07. The molecule has 1 fully saturated rings. The van der Waals surface area contributed by atoms with E-state index in [-0.39, 0.29) is 11.8 Å². The van der Waals surface area contributed by atoms with Crippen molar-refractivity contribution in [3.05, 3.63) is 66.2 Å². The Kier molecular flexibility index (Phi) is 5.36. The predicted octanol–water partition coefficient (Wildman–Crippen LogP) is 2.07. The molecule has 1 N–H and O–H groups in total. The number of hydrogen-bond donors (Lipinski definition) is 1. The Morgan fingerprint density at radius 3 is 2.29 bits per heavy atom. The lowest BCUT2D eigenvalue weighted by Gasteiger charge is -2.31. The first-order chi connectivity index (χ1) is 13.6. The molecule has 9 heteroatoms. The van der Waals surface area contributed by atoms with Crippen molar-refractivity contribution in [3.8, 4) is 5.69 Å². The summed E-state index contributed by atoms with van der Waals surface area (Å²) in [5, 5.41) is 15.2. The summed E-state index contributed by atoms with van der Waals surface area (Å²) in [4.78, 5) is 0. The Morgan fingerprint density at radius 1 is 0.964 bits per heavy atom. The van der Waals surface area contributed by atoms with Crippen LogP contribution < -0.4 is 5.32 Å². The van der Waals surface area contributed by atoms with Crippen LogP contribution in [0.4, 0.5) is 5.95 Å². The normalized spacial score (nSPS) is 16.1. The van der Waals surface area contributed by atoms with Gasteiger partial charge in [0.05, 0.1) is 11.4 Å². The molecule has 0 aliphatic carbocycles. The minimum Gasteiger partial charge on any atom is -0.350 e. The molecule has 2 heterocycles. The molecular weight excluding hydrogens is 376 g/mol. The Bertz CT molecular complexity index is 999. The zero-order valence-corrected chi connectivity index (χ0v) is 16.2. The molecule has 0 spiro atoms. The van der Waals surface area contributed by atoms with Crippen molar-refractivity contribution < 1.29 is 8.42 Å². The van der Waals surface area contributed by atoms with Crippen molar-refractivity contribution in [1.82, 2.24) is 24.5 Å². The number of nitrogens with one attached hydrogen (secondary N) is 1. The average molecular weight is 398 g/mol. The summed E-state index contributed by atoms with van der Waals surface area (Å²) in [5.74, 6) is 0.606. The molecule has 0 bridgehead atoms. The summed E-state index contributed by atoms with van der Waals surface area (Å²) in [6.45, 7) is 0.972. The highest BCUT2D eigenvalue weighted by Gasteiger charge is 2.28. The van der Waals surface area contributed by atoms with Gasteiger partial charge in [0.1, 0.15) is 0 Å². The summed E-state index contributed by atoms with van der Waals surface area (Å²) in [7, 11) is -3.31. The van der Waals surface area contributed by atoms with Crippen molar-refractivity contribution in [3.63, 3.8) is 0 Å². The molecule has 0 atom stereocenters. The lowest BCUT2D eigenvalue weighted by molar-refractivity contribution is 0.328. The summed E-state index contributed by atoms with van der Waals surface area (Å²) in [5.41, 5.74) is 1.68. The molecule has 1 aromatic heterocycles. The molecule has 2 aromatic carbocycles. The third-order valence-corrected chi connectivity index (χ3v) is 6.69. The van der Waals surface area contributed by atoms with Crippen LogP contribution in [-0.2, 0) is 15.8 Å². The first-order valence-electron chi connectivity index (χ1n) is 9.24. The largest absolute Gasteiger partial charge is 0.350 e. The quantitative estimate of drug-likeness (QED) is 0.683. The van der Waals surface area contributed by atoms with E-state index in [1.54, 1.807) is 8.99 Å². The van der Waals surface area contributed by atoms with Crippen LogP contribution in [0.15, 0.2) is 60.7 Å². The van der Waals surface area contributed by atoms with Gasteiger partial charge in [-0.15, -0.1) is 0 Å². The van der Waals surface area contributed by atoms with Crippen molar-refractivity contribution in [2.45, 2.75) is 24.6 Å². The topological polar surface area (TPSA) is 93.0 Å². The van der Waals surface area contributed by atoms with E-state index in [1.807, 2.05) is 60.7 Å². The van der Waals surface area contributed by atoms with E-state index in [9.17, 15) is 8.42 Å². The number of anilines is 1. The van der Waals surface area contributed by atoms with E-state index in [4.69, 9.17) is 0 Å². The Morgan fingerprint density at radius 2 is 1.61 bits per heavy atom. The Balaban J connectivity index is 1.37. The van der Waals surface area contributed by atoms with Crippen LogP contribution in [0, 0.1) is 0 Å². The maximum absolute atomic E-state index is 12.7. The van der Waals surface area contributed by atoms with Gasteiger partial charge in [-0.2, -0.15) is 4.68 Å². The molecule has 0 unspecified atom stereocenters. The highest BCUT2D eigenvalue weighted by atomic mass is 32.2. The van der Waals surface area contributed by atoms with Gasteiger partial charge < -0.3 is 5.32 Å². The monoisotopic (exact) mass is 398 g/mol. The van der Waals surface area contributed by atoms with Crippen LogP contribution in [0.3, 0.4) is 0 Å². The van der Waals surface area contributed by atoms with Gasteiger partial charge in [-0.1, -0.05) is 53.6 Å². The van der Waals surface area contributed by atoms with Gasteiger partial charge in [0.2, 0.25) is 16.0 Å². The van der Waals surface area contributed by atoms with Crippen molar-refractivity contribution >= 4 is 16.0 Å². The van der Waals surface area contributed by atoms with Crippen LogP contribution >= 0.6 is 0 Å². The SMILES string of the molecule is O=S(=O)(Cc1ccccc1)N1CCC(Nc2nnnn2-c2ccccc2)CC1. The third-order valence-electron chi connectivity index (χ3n) is 4.84. The molecule has 28 heavy (non-hydrogen) atoms. The Hall–Kier alpha value is -2.78. The lowest BCUT2D eigenvalue weighted by Crippen LogP contribution is -2.43. The molecule has 0 saturated carbocycles. The molecule has 3 aromatic rings.